The number of rotatable bonds is 2. The number of phenols is 1. The Labute approximate surface area is 117 Å². The van der Waals surface area contributed by atoms with Gasteiger partial charge in [0.15, 0.2) is 0 Å². The number of hydrogen-bond acceptors (Lipinski definition) is 4. The summed E-state index contributed by atoms with van der Waals surface area (Å²) < 4.78 is 7.12. The van der Waals surface area contributed by atoms with E-state index < -0.39 is 0 Å². The number of phenolic OH excluding ortho intramolecular Hbond substituents is 1. The number of benzene rings is 1. The third kappa shape index (κ3) is 2.66. The summed E-state index contributed by atoms with van der Waals surface area (Å²) in [6, 6.07) is 4.90. The van der Waals surface area contributed by atoms with Crippen molar-refractivity contribution in [2.24, 2.45) is 0 Å². The first-order chi connectivity index (χ1) is 9.30. The SMILES string of the molecule is Cc1c(O)cccc1Oc1nccn(C(C)(C)C)c1=O. The van der Waals surface area contributed by atoms with Gasteiger partial charge in [0.2, 0.25) is 0 Å². The van der Waals surface area contributed by atoms with Crippen LogP contribution in [-0.2, 0) is 5.54 Å². The Balaban J connectivity index is 2.45. The fourth-order valence-electron chi connectivity index (χ4n) is 1.81. The fourth-order valence-corrected chi connectivity index (χ4v) is 1.81. The summed E-state index contributed by atoms with van der Waals surface area (Å²) in [4.78, 5) is 16.3. The van der Waals surface area contributed by atoms with E-state index in [0.29, 0.717) is 11.3 Å². The van der Waals surface area contributed by atoms with Crippen molar-refractivity contribution in [1.82, 2.24) is 9.55 Å². The molecule has 0 saturated carbocycles. The van der Waals surface area contributed by atoms with Crippen molar-refractivity contribution in [3.8, 4) is 17.4 Å². The molecule has 106 valence electrons. The molecular weight excluding hydrogens is 256 g/mol. The molecule has 0 aliphatic heterocycles. The van der Waals surface area contributed by atoms with E-state index in [1.807, 2.05) is 20.8 Å². The van der Waals surface area contributed by atoms with Crippen LogP contribution in [0.2, 0.25) is 0 Å². The maximum Gasteiger partial charge on any atom is 0.314 e. The lowest BCUT2D eigenvalue weighted by molar-refractivity contribution is 0.361. The van der Waals surface area contributed by atoms with Crippen molar-refractivity contribution < 1.29 is 9.84 Å². The molecule has 0 spiro atoms. The molecule has 1 heterocycles. The first kappa shape index (κ1) is 14.1. The van der Waals surface area contributed by atoms with Crippen molar-refractivity contribution in [1.29, 1.82) is 0 Å². The van der Waals surface area contributed by atoms with Crippen LogP contribution in [0.1, 0.15) is 26.3 Å². The molecular formula is C15H18N2O3. The lowest BCUT2D eigenvalue weighted by Gasteiger charge is -2.22. The van der Waals surface area contributed by atoms with Crippen molar-refractivity contribution in [2.45, 2.75) is 33.2 Å². The molecule has 0 radical (unpaired) electrons. The van der Waals surface area contributed by atoms with Crippen LogP contribution in [0, 0.1) is 6.92 Å². The van der Waals surface area contributed by atoms with Gasteiger partial charge in [0.1, 0.15) is 11.5 Å². The molecule has 0 saturated heterocycles. The van der Waals surface area contributed by atoms with E-state index >= 15 is 0 Å². The summed E-state index contributed by atoms with van der Waals surface area (Å²) in [5.74, 6) is 0.534. The normalized spacial score (nSPS) is 11.4. The highest BCUT2D eigenvalue weighted by Crippen LogP contribution is 2.28. The van der Waals surface area contributed by atoms with Crippen LogP contribution in [0.5, 0.6) is 17.4 Å². The Hall–Kier alpha value is -2.30. The predicted molar refractivity (Wildman–Crippen MR) is 76.4 cm³/mol. The molecule has 0 unspecified atom stereocenters. The maximum absolute atomic E-state index is 12.3. The second-order valence-corrected chi connectivity index (χ2v) is 5.58. The molecule has 20 heavy (non-hydrogen) atoms. The molecule has 0 aliphatic rings. The van der Waals surface area contributed by atoms with Gasteiger partial charge in [-0.05, 0) is 39.8 Å². The molecule has 1 aromatic carbocycles. The number of ether oxygens (including phenoxy) is 1. The minimum atomic E-state index is -0.355. The lowest BCUT2D eigenvalue weighted by Crippen LogP contribution is -2.34. The van der Waals surface area contributed by atoms with Crippen LogP contribution < -0.4 is 10.3 Å². The molecule has 5 nitrogen and oxygen atoms in total. The number of aromatic nitrogens is 2. The van der Waals surface area contributed by atoms with E-state index in [1.54, 1.807) is 35.9 Å². The molecule has 5 heteroatoms. The molecule has 0 aliphatic carbocycles. The summed E-state index contributed by atoms with van der Waals surface area (Å²) >= 11 is 0. The van der Waals surface area contributed by atoms with Gasteiger partial charge in [-0.3, -0.25) is 4.79 Å². The topological polar surface area (TPSA) is 64.3 Å². The third-order valence-electron chi connectivity index (χ3n) is 2.99. The second kappa shape index (κ2) is 5.00. The molecule has 1 aromatic heterocycles. The minimum Gasteiger partial charge on any atom is -0.508 e. The van der Waals surface area contributed by atoms with Gasteiger partial charge in [-0.25, -0.2) is 4.98 Å². The standard InChI is InChI=1S/C15H18N2O3/c1-10-11(18)6-5-7-12(10)20-13-14(19)17(9-8-16-13)15(2,3)4/h5-9,18H,1-4H3. The van der Waals surface area contributed by atoms with Crippen LogP contribution in [0.4, 0.5) is 0 Å². The molecule has 2 aromatic rings. The number of aromatic hydroxyl groups is 1. The quantitative estimate of drug-likeness (QED) is 0.914. The van der Waals surface area contributed by atoms with Crippen molar-refractivity contribution in [3.05, 3.63) is 46.5 Å². The third-order valence-corrected chi connectivity index (χ3v) is 2.99. The summed E-state index contributed by atoms with van der Waals surface area (Å²) in [7, 11) is 0. The Morgan fingerprint density at radius 2 is 2.00 bits per heavy atom. The first-order valence-corrected chi connectivity index (χ1v) is 6.35. The van der Waals surface area contributed by atoms with E-state index in [4.69, 9.17) is 4.74 Å². The second-order valence-electron chi connectivity index (χ2n) is 5.58. The van der Waals surface area contributed by atoms with Gasteiger partial charge in [0, 0.05) is 23.5 Å². The average Bonchev–Trinajstić information content (AvgIpc) is 2.36. The van der Waals surface area contributed by atoms with Gasteiger partial charge < -0.3 is 14.4 Å². The van der Waals surface area contributed by atoms with Gasteiger partial charge in [0.25, 0.3) is 5.88 Å². The van der Waals surface area contributed by atoms with Gasteiger partial charge in [-0.15, -0.1) is 0 Å². The highest BCUT2D eigenvalue weighted by atomic mass is 16.5. The molecule has 2 rings (SSSR count). The summed E-state index contributed by atoms with van der Waals surface area (Å²) in [5, 5.41) is 9.65. The largest absolute Gasteiger partial charge is 0.508 e. The van der Waals surface area contributed by atoms with Gasteiger partial charge in [-0.1, -0.05) is 6.07 Å². The van der Waals surface area contributed by atoms with E-state index in [9.17, 15) is 9.90 Å². The van der Waals surface area contributed by atoms with Gasteiger partial charge in [0.05, 0.1) is 0 Å². The van der Waals surface area contributed by atoms with E-state index in [0.717, 1.165) is 0 Å². The van der Waals surface area contributed by atoms with E-state index in [2.05, 4.69) is 4.98 Å². The van der Waals surface area contributed by atoms with Crippen molar-refractivity contribution in [3.63, 3.8) is 0 Å². The van der Waals surface area contributed by atoms with Crippen LogP contribution in [-0.4, -0.2) is 14.7 Å². The zero-order valence-corrected chi connectivity index (χ0v) is 12.0. The Morgan fingerprint density at radius 1 is 1.30 bits per heavy atom. The predicted octanol–water partition coefficient (Wildman–Crippen LogP) is 2.80. The van der Waals surface area contributed by atoms with Crippen LogP contribution in [0.3, 0.4) is 0 Å². The summed E-state index contributed by atoms with van der Waals surface area (Å²) in [6.07, 6.45) is 3.16. The zero-order chi connectivity index (χ0) is 14.9. The highest BCUT2D eigenvalue weighted by Gasteiger charge is 2.18. The van der Waals surface area contributed by atoms with Crippen molar-refractivity contribution in [2.75, 3.05) is 0 Å². The minimum absolute atomic E-state index is 0.00359. The Bertz CT molecular complexity index is 684. The monoisotopic (exact) mass is 274 g/mol. The zero-order valence-electron chi connectivity index (χ0n) is 12.0. The van der Waals surface area contributed by atoms with Gasteiger partial charge in [-0.2, -0.15) is 0 Å². The fraction of sp³-hybridized carbons (Fsp3) is 0.333. The first-order valence-electron chi connectivity index (χ1n) is 6.35. The Kier molecular flexibility index (Phi) is 3.53. The lowest BCUT2D eigenvalue weighted by atomic mass is 10.1. The number of nitrogens with zero attached hydrogens (tertiary/aromatic N) is 2. The van der Waals surface area contributed by atoms with Crippen LogP contribution in [0.15, 0.2) is 35.4 Å². The van der Waals surface area contributed by atoms with Crippen LogP contribution in [0.25, 0.3) is 0 Å². The highest BCUT2D eigenvalue weighted by molar-refractivity contribution is 5.43. The van der Waals surface area contributed by atoms with E-state index in [-0.39, 0.29) is 22.7 Å². The molecule has 0 atom stereocenters. The average molecular weight is 274 g/mol. The summed E-state index contributed by atoms with van der Waals surface area (Å²) in [5.41, 5.74) is -0.0889. The van der Waals surface area contributed by atoms with Crippen LogP contribution >= 0.6 is 0 Å². The molecule has 0 amide bonds. The summed E-state index contributed by atoms with van der Waals surface area (Å²) in [6.45, 7) is 7.50. The maximum atomic E-state index is 12.3. The Morgan fingerprint density at radius 3 is 2.65 bits per heavy atom. The molecule has 1 N–H and O–H groups in total. The van der Waals surface area contributed by atoms with Gasteiger partial charge >= 0.3 is 5.56 Å². The molecule has 0 fully saturated rings. The number of hydrogen-bond donors (Lipinski definition) is 1. The molecule has 0 bridgehead atoms. The van der Waals surface area contributed by atoms with E-state index in [1.165, 1.54) is 6.20 Å². The smallest absolute Gasteiger partial charge is 0.314 e. The van der Waals surface area contributed by atoms with Crippen molar-refractivity contribution >= 4 is 0 Å².